The Morgan fingerprint density at radius 1 is 1.19 bits per heavy atom. The molecule has 0 N–H and O–H groups in total. The highest BCUT2D eigenvalue weighted by atomic mass is 16.6. The van der Waals surface area contributed by atoms with E-state index in [1.165, 1.54) is 0 Å². The summed E-state index contributed by atoms with van der Waals surface area (Å²) in [5.41, 5.74) is 2.34. The van der Waals surface area contributed by atoms with Crippen molar-refractivity contribution in [3.8, 4) is 0 Å². The van der Waals surface area contributed by atoms with Crippen molar-refractivity contribution < 1.29 is 4.84 Å². The van der Waals surface area contributed by atoms with E-state index >= 15 is 0 Å². The summed E-state index contributed by atoms with van der Waals surface area (Å²) < 4.78 is 0. The first-order chi connectivity index (χ1) is 7.54. The maximum atomic E-state index is 5.39. The lowest BCUT2D eigenvalue weighted by molar-refractivity contribution is 0.127. The van der Waals surface area contributed by atoms with Gasteiger partial charge in [0, 0.05) is 5.41 Å². The molecular formula is C14H21NO. The molecule has 1 aromatic rings. The van der Waals surface area contributed by atoms with E-state index < -0.39 is 0 Å². The van der Waals surface area contributed by atoms with Gasteiger partial charge in [-0.2, -0.15) is 0 Å². The predicted molar refractivity (Wildman–Crippen MR) is 68.4 cm³/mol. The van der Waals surface area contributed by atoms with Gasteiger partial charge in [-0.1, -0.05) is 63.2 Å². The second-order valence-electron chi connectivity index (χ2n) is 4.90. The molecule has 16 heavy (non-hydrogen) atoms. The number of hydrogen-bond donors (Lipinski definition) is 0. The molecule has 0 aliphatic rings. The van der Waals surface area contributed by atoms with E-state index in [1.54, 1.807) is 0 Å². The Hall–Kier alpha value is -1.31. The molecule has 0 atom stereocenters. The van der Waals surface area contributed by atoms with E-state index in [2.05, 4.69) is 32.9 Å². The van der Waals surface area contributed by atoms with Crippen molar-refractivity contribution in [3.05, 3.63) is 35.9 Å². The Morgan fingerprint density at radius 3 is 2.31 bits per heavy atom. The SMILES string of the molecule is CC/C(=N\OCc1ccccc1)C(C)(C)C. The van der Waals surface area contributed by atoms with Crippen LogP contribution in [0.5, 0.6) is 0 Å². The third-order valence-corrected chi connectivity index (χ3v) is 2.45. The first-order valence-electron chi connectivity index (χ1n) is 5.77. The van der Waals surface area contributed by atoms with Gasteiger partial charge in [-0.3, -0.25) is 0 Å². The largest absolute Gasteiger partial charge is 0.391 e. The van der Waals surface area contributed by atoms with Crippen molar-refractivity contribution in [2.24, 2.45) is 10.6 Å². The van der Waals surface area contributed by atoms with Crippen molar-refractivity contribution >= 4 is 5.71 Å². The third kappa shape index (κ3) is 4.05. The highest BCUT2D eigenvalue weighted by Crippen LogP contribution is 2.18. The van der Waals surface area contributed by atoms with E-state index in [-0.39, 0.29) is 5.41 Å². The summed E-state index contributed by atoms with van der Waals surface area (Å²) in [6, 6.07) is 10.1. The summed E-state index contributed by atoms with van der Waals surface area (Å²) >= 11 is 0. The van der Waals surface area contributed by atoms with Crippen LogP contribution in [-0.2, 0) is 11.4 Å². The minimum Gasteiger partial charge on any atom is -0.391 e. The van der Waals surface area contributed by atoms with Gasteiger partial charge >= 0.3 is 0 Å². The molecule has 1 rings (SSSR count). The molecule has 0 amide bonds. The predicted octanol–water partition coefficient (Wildman–Crippen LogP) is 4.02. The number of benzene rings is 1. The average Bonchev–Trinajstić information content (AvgIpc) is 2.24. The topological polar surface area (TPSA) is 21.6 Å². The summed E-state index contributed by atoms with van der Waals surface area (Å²) in [6.45, 7) is 9.11. The molecule has 0 spiro atoms. The molecule has 0 aliphatic carbocycles. The van der Waals surface area contributed by atoms with E-state index in [0.29, 0.717) is 6.61 Å². The second kappa shape index (κ2) is 5.69. The van der Waals surface area contributed by atoms with Gasteiger partial charge < -0.3 is 4.84 Å². The number of oxime groups is 1. The zero-order chi connectivity index (χ0) is 12.0. The molecule has 0 fully saturated rings. The van der Waals surface area contributed by atoms with Crippen LogP contribution in [0.3, 0.4) is 0 Å². The first kappa shape index (κ1) is 12.8. The Balaban J connectivity index is 2.53. The van der Waals surface area contributed by atoms with Crippen LogP contribution in [-0.4, -0.2) is 5.71 Å². The first-order valence-corrected chi connectivity index (χ1v) is 5.77. The van der Waals surface area contributed by atoms with E-state index in [1.807, 2.05) is 30.3 Å². The second-order valence-corrected chi connectivity index (χ2v) is 4.90. The van der Waals surface area contributed by atoms with Gasteiger partial charge in [0.05, 0.1) is 5.71 Å². The summed E-state index contributed by atoms with van der Waals surface area (Å²) in [5, 5.41) is 4.23. The molecule has 88 valence electrons. The van der Waals surface area contributed by atoms with Crippen LogP contribution in [0.15, 0.2) is 35.5 Å². The zero-order valence-corrected chi connectivity index (χ0v) is 10.7. The van der Waals surface area contributed by atoms with Gasteiger partial charge in [-0.25, -0.2) is 0 Å². The fraction of sp³-hybridized carbons (Fsp3) is 0.500. The molecule has 0 heterocycles. The van der Waals surface area contributed by atoms with Gasteiger partial charge in [0.15, 0.2) is 0 Å². The lowest BCUT2D eigenvalue weighted by Crippen LogP contribution is -2.19. The molecule has 1 aromatic carbocycles. The average molecular weight is 219 g/mol. The summed E-state index contributed by atoms with van der Waals surface area (Å²) in [5.74, 6) is 0. The van der Waals surface area contributed by atoms with Crippen molar-refractivity contribution in [2.45, 2.75) is 40.7 Å². The molecule has 0 unspecified atom stereocenters. The summed E-state index contributed by atoms with van der Waals surface area (Å²) in [4.78, 5) is 5.39. The fourth-order valence-electron chi connectivity index (χ4n) is 1.49. The Kier molecular flexibility index (Phi) is 4.53. The normalized spacial score (nSPS) is 12.6. The summed E-state index contributed by atoms with van der Waals surface area (Å²) in [7, 11) is 0. The maximum Gasteiger partial charge on any atom is 0.142 e. The molecule has 2 heteroatoms. The number of rotatable bonds is 4. The lowest BCUT2D eigenvalue weighted by atomic mass is 9.89. The van der Waals surface area contributed by atoms with Gasteiger partial charge in [-0.15, -0.1) is 0 Å². The minimum atomic E-state index is 0.0887. The molecular weight excluding hydrogens is 198 g/mol. The quantitative estimate of drug-likeness (QED) is 0.553. The van der Waals surface area contributed by atoms with Crippen molar-refractivity contribution in [1.29, 1.82) is 0 Å². The molecule has 0 saturated heterocycles. The molecule has 0 aliphatic heterocycles. The highest BCUT2D eigenvalue weighted by Gasteiger charge is 2.17. The number of nitrogens with zero attached hydrogens (tertiary/aromatic N) is 1. The van der Waals surface area contributed by atoms with Crippen LogP contribution in [0.4, 0.5) is 0 Å². The van der Waals surface area contributed by atoms with Crippen LogP contribution in [0, 0.1) is 5.41 Å². The molecule has 2 nitrogen and oxygen atoms in total. The third-order valence-electron chi connectivity index (χ3n) is 2.45. The molecule has 0 aromatic heterocycles. The summed E-state index contributed by atoms with van der Waals surface area (Å²) in [6.07, 6.45) is 0.929. The number of hydrogen-bond acceptors (Lipinski definition) is 2. The van der Waals surface area contributed by atoms with Crippen molar-refractivity contribution in [2.75, 3.05) is 0 Å². The fourth-order valence-corrected chi connectivity index (χ4v) is 1.49. The minimum absolute atomic E-state index is 0.0887. The zero-order valence-electron chi connectivity index (χ0n) is 10.7. The van der Waals surface area contributed by atoms with Crippen molar-refractivity contribution in [1.82, 2.24) is 0 Å². The van der Waals surface area contributed by atoms with Gasteiger partial charge in [0.1, 0.15) is 6.61 Å². The van der Waals surface area contributed by atoms with Crippen LogP contribution in [0.25, 0.3) is 0 Å². The van der Waals surface area contributed by atoms with Crippen LogP contribution in [0.1, 0.15) is 39.7 Å². The monoisotopic (exact) mass is 219 g/mol. The standard InChI is InChI=1S/C14H21NO/c1-5-13(14(2,3)4)15-16-11-12-9-7-6-8-10-12/h6-10H,5,11H2,1-4H3/b15-13+. The van der Waals surface area contributed by atoms with Gasteiger partial charge in [-0.05, 0) is 12.0 Å². The molecule has 0 radical (unpaired) electrons. The van der Waals surface area contributed by atoms with Crippen molar-refractivity contribution in [3.63, 3.8) is 0 Å². The van der Waals surface area contributed by atoms with E-state index in [0.717, 1.165) is 17.7 Å². The molecule has 0 bridgehead atoms. The van der Waals surface area contributed by atoms with Crippen LogP contribution >= 0.6 is 0 Å². The van der Waals surface area contributed by atoms with E-state index in [4.69, 9.17) is 4.84 Å². The Labute approximate surface area is 98.3 Å². The van der Waals surface area contributed by atoms with Crippen LogP contribution < -0.4 is 0 Å². The van der Waals surface area contributed by atoms with Gasteiger partial charge in [0.2, 0.25) is 0 Å². The smallest absolute Gasteiger partial charge is 0.142 e. The maximum absolute atomic E-state index is 5.39. The highest BCUT2D eigenvalue weighted by molar-refractivity contribution is 5.88. The van der Waals surface area contributed by atoms with E-state index in [9.17, 15) is 0 Å². The Morgan fingerprint density at radius 2 is 1.81 bits per heavy atom. The van der Waals surface area contributed by atoms with Crippen LogP contribution in [0.2, 0.25) is 0 Å². The lowest BCUT2D eigenvalue weighted by Gasteiger charge is -2.19. The van der Waals surface area contributed by atoms with Gasteiger partial charge in [0.25, 0.3) is 0 Å². The Bertz CT molecular complexity index is 336. The molecule has 0 saturated carbocycles.